The molecule has 1 aromatic rings. The predicted molar refractivity (Wildman–Crippen MR) is 72.4 cm³/mol. The molecule has 0 saturated carbocycles. The Labute approximate surface area is 116 Å². The third-order valence-electron chi connectivity index (χ3n) is 2.81. The van der Waals surface area contributed by atoms with E-state index in [0.29, 0.717) is 16.7 Å². The molecule has 0 fully saturated rings. The zero-order valence-corrected chi connectivity index (χ0v) is 11.8. The molecule has 0 atom stereocenters. The van der Waals surface area contributed by atoms with Gasteiger partial charge in [0.05, 0.1) is 4.92 Å². The standard InChI is InChI=1S/C14H17F2NO3/c1-8(2)12(17(18)19)7-11-5-9(3)13(10(4)6-11)20-14(15)16/h5-8,14H,1-4H3/b12-7-. The van der Waals surface area contributed by atoms with E-state index in [1.54, 1.807) is 39.8 Å². The van der Waals surface area contributed by atoms with Crippen molar-refractivity contribution in [3.63, 3.8) is 0 Å². The number of halogens is 2. The van der Waals surface area contributed by atoms with Crippen LogP contribution in [0.15, 0.2) is 17.8 Å². The molecule has 0 amide bonds. The summed E-state index contributed by atoms with van der Waals surface area (Å²) in [5.41, 5.74) is 1.71. The van der Waals surface area contributed by atoms with Gasteiger partial charge < -0.3 is 4.74 Å². The second-order valence-corrected chi connectivity index (χ2v) is 4.84. The van der Waals surface area contributed by atoms with Gasteiger partial charge in [-0.05, 0) is 42.7 Å². The van der Waals surface area contributed by atoms with Crippen molar-refractivity contribution in [3.8, 4) is 5.75 Å². The van der Waals surface area contributed by atoms with E-state index >= 15 is 0 Å². The second-order valence-electron chi connectivity index (χ2n) is 4.84. The lowest BCUT2D eigenvalue weighted by Crippen LogP contribution is -2.06. The van der Waals surface area contributed by atoms with Crippen LogP contribution in [-0.2, 0) is 0 Å². The number of alkyl halides is 2. The van der Waals surface area contributed by atoms with Crippen LogP contribution < -0.4 is 4.74 Å². The number of hydrogen-bond acceptors (Lipinski definition) is 3. The number of benzene rings is 1. The van der Waals surface area contributed by atoms with Gasteiger partial charge in [0.2, 0.25) is 5.70 Å². The van der Waals surface area contributed by atoms with Crippen LogP contribution >= 0.6 is 0 Å². The molecule has 0 spiro atoms. The van der Waals surface area contributed by atoms with Crippen LogP contribution in [0.3, 0.4) is 0 Å². The third-order valence-corrected chi connectivity index (χ3v) is 2.81. The van der Waals surface area contributed by atoms with E-state index in [1.165, 1.54) is 6.08 Å². The fourth-order valence-corrected chi connectivity index (χ4v) is 1.94. The van der Waals surface area contributed by atoms with Crippen molar-refractivity contribution in [2.24, 2.45) is 5.92 Å². The minimum absolute atomic E-state index is 0.0753. The van der Waals surface area contributed by atoms with Crippen LogP contribution in [0.2, 0.25) is 0 Å². The highest BCUT2D eigenvalue weighted by molar-refractivity contribution is 5.57. The highest BCUT2D eigenvalue weighted by atomic mass is 19.3. The Kier molecular flexibility index (Phi) is 5.19. The zero-order valence-electron chi connectivity index (χ0n) is 11.8. The van der Waals surface area contributed by atoms with Crippen molar-refractivity contribution in [2.45, 2.75) is 34.3 Å². The molecule has 1 rings (SSSR count). The maximum absolute atomic E-state index is 12.3. The summed E-state index contributed by atoms with van der Waals surface area (Å²) in [6, 6.07) is 3.19. The van der Waals surface area contributed by atoms with Gasteiger partial charge in [-0.25, -0.2) is 0 Å². The first-order chi connectivity index (χ1) is 9.22. The number of ether oxygens (including phenoxy) is 1. The first kappa shape index (κ1) is 16.1. The molecule has 0 aromatic heterocycles. The van der Waals surface area contributed by atoms with Gasteiger partial charge in [-0.1, -0.05) is 13.8 Å². The average molecular weight is 285 g/mol. The smallest absolute Gasteiger partial charge is 0.387 e. The second kappa shape index (κ2) is 6.45. The fraction of sp³-hybridized carbons (Fsp3) is 0.429. The van der Waals surface area contributed by atoms with Crippen LogP contribution in [0.25, 0.3) is 6.08 Å². The Morgan fingerprint density at radius 3 is 2.15 bits per heavy atom. The number of allylic oxidation sites excluding steroid dienone is 1. The van der Waals surface area contributed by atoms with Gasteiger partial charge in [-0.15, -0.1) is 0 Å². The molecular weight excluding hydrogens is 268 g/mol. The number of rotatable bonds is 5. The average Bonchev–Trinajstić information content (AvgIpc) is 2.29. The molecule has 0 unspecified atom stereocenters. The van der Waals surface area contributed by atoms with Gasteiger partial charge in [-0.3, -0.25) is 10.1 Å². The lowest BCUT2D eigenvalue weighted by Gasteiger charge is -2.12. The van der Waals surface area contributed by atoms with Gasteiger partial charge in [0.25, 0.3) is 0 Å². The van der Waals surface area contributed by atoms with Crippen molar-refractivity contribution in [3.05, 3.63) is 44.6 Å². The third kappa shape index (κ3) is 4.01. The SMILES string of the molecule is Cc1cc(/C=C(/C(C)C)[N+](=O)[O-])cc(C)c1OC(F)F. The highest BCUT2D eigenvalue weighted by Crippen LogP contribution is 2.28. The summed E-state index contributed by atoms with van der Waals surface area (Å²) in [6.07, 6.45) is 1.46. The lowest BCUT2D eigenvalue weighted by atomic mass is 10.0. The molecule has 0 aliphatic rings. The van der Waals surface area contributed by atoms with E-state index in [9.17, 15) is 18.9 Å². The van der Waals surface area contributed by atoms with Crippen LogP contribution in [0.5, 0.6) is 5.75 Å². The Hall–Kier alpha value is -1.98. The van der Waals surface area contributed by atoms with Crippen molar-refractivity contribution in [1.29, 1.82) is 0 Å². The Morgan fingerprint density at radius 2 is 1.80 bits per heavy atom. The topological polar surface area (TPSA) is 52.4 Å². The molecule has 1 aromatic carbocycles. The minimum atomic E-state index is -2.89. The first-order valence-electron chi connectivity index (χ1n) is 6.14. The van der Waals surface area contributed by atoms with Crippen LogP contribution in [-0.4, -0.2) is 11.5 Å². The summed E-state index contributed by atoms with van der Waals surface area (Å²) in [7, 11) is 0. The molecule has 0 N–H and O–H groups in total. The normalized spacial score (nSPS) is 12.1. The number of aryl methyl sites for hydroxylation is 2. The van der Waals surface area contributed by atoms with E-state index in [4.69, 9.17) is 0 Å². The largest absolute Gasteiger partial charge is 0.434 e. The summed E-state index contributed by atoms with van der Waals surface area (Å²) in [5, 5.41) is 10.9. The van der Waals surface area contributed by atoms with Crippen LogP contribution in [0.1, 0.15) is 30.5 Å². The molecule has 0 bridgehead atoms. The van der Waals surface area contributed by atoms with Crippen LogP contribution in [0.4, 0.5) is 8.78 Å². The van der Waals surface area contributed by atoms with Crippen molar-refractivity contribution in [2.75, 3.05) is 0 Å². The Balaban J connectivity index is 3.23. The quantitative estimate of drug-likeness (QED) is 0.602. The molecule has 0 aliphatic heterocycles. The molecular formula is C14H17F2NO3. The number of nitro groups is 1. The molecule has 6 heteroatoms. The van der Waals surface area contributed by atoms with Gasteiger partial charge in [0.15, 0.2) is 0 Å². The van der Waals surface area contributed by atoms with Crippen molar-refractivity contribution >= 4 is 6.08 Å². The molecule has 0 radical (unpaired) electrons. The lowest BCUT2D eigenvalue weighted by molar-refractivity contribution is -0.431. The molecule has 0 heterocycles. The van der Waals surface area contributed by atoms with E-state index in [2.05, 4.69) is 4.74 Å². The first-order valence-corrected chi connectivity index (χ1v) is 6.14. The maximum Gasteiger partial charge on any atom is 0.387 e. The number of nitrogens with zero attached hydrogens (tertiary/aromatic N) is 1. The van der Waals surface area contributed by atoms with Gasteiger partial charge in [-0.2, -0.15) is 8.78 Å². The molecule has 0 aliphatic carbocycles. The van der Waals surface area contributed by atoms with Crippen molar-refractivity contribution < 1.29 is 18.4 Å². The molecule has 0 saturated heterocycles. The summed E-state index contributed by atoms with van der Waals surface area (Å²) in [6.45, 7) is 3.82. The van der Waals surface area contributed by atoms with Crippen molar-refractivity contribution in [1.82, 2.24) is 0 Å². The van der Waals surface area contributed by atoms with Crippen LogP contribution in [0, 0.1) is 29.9 Å². The molecule has 110 valence electrons. The Morgan fingerprint density at radius 1 is 1.30 bits per heavy atom. The van der Waals surface area contributed by atoms with Gasteiger partial charge in [0.1, 0.15) is 5.75 Å². The van der Waals surface area contributed by atoms with E-state index in [0.717, 1.165) is 0 Å². The summed E-state index contributed by atoms with van der Waals surface area (Å²) in [5.74, 6) is -0.119. The predicted octanol–water partition coefficient (Wildman–Crippen LogP) is 4.18. The van der Waals surface area contributed by atoms with Gasteiger partial charge in [0, 0.05) is 12.0 Å². The fourth-order valence-electron chi connectivity index (χ4n) is 1.94. The summed E-state index contributed by atoms with van der Waals surface area (Å²) < 4.78 is 29.0. The highest BCUT2D eigenvalue weighted by Gasteiger charge is 2.17. The summed E-state index contributed by atoms with van der Waals surface area (Å²) in [4.78, 5) is 10.5. The van der Waals surface area contributed by atoms with E-state index in [1.807, 2.05) is 0 Å². The van der Waals surface area contributed by atoms with Gasteiger partial charge >= 0.3 is 6.61 Å². The monoisotopic (exact) mass is 285 g/mol. The Bertz CT molecular complexity index is 516. The number of hydrogen-bond donors (Lipinski definition) is 0. The zero-order chi connectivity index (χ0) is 15.4. The molecule has 20 heavy (non-hydrogen) atoms. The minimum Gasteiger partial charge on any atom is -0.434 e. The summed E-state index contributed by atoms with van der Waals surface area (Å²) >= 11 is 0. The molecule has 4 nitrogen and oxygen atoms in total. The van der Waals surface area contributed by atoms with E-state index < -0.39 is 11.5 Å². The maximum atomic E-state index is 12.3. The van der Waals surface area contributed by atoms with E-state index in [-0.39, 0.29) is 17.4 Å².